The van der Waals surface area contributed by atoms with Crippen molar-refractivity contribution in [2.24, 2.45) is 5.10 Å². The summed E-state index contributed by atoms with van der Waals surface area (Å²) in [6.45, 7) is 17.4. The van der Waals surface area contributed by atoms with Crippen LogP contribution in [0.4, 0.5) is 0 Å². The molecule has 0 N–H and O–H groups in total. The monoisotopic (exact) mass is 542 g/mol. The first-order valence-corrected chi connectivity index (χ1v) is 17.3. The summed E-state index contributed by atoms with van der Waals surface area (Å²) in [6.07, 6.45) is 1.56. The molecule has 0 aliphatic rings. The molecule has 0 heterocycles. The van der Waals surface area contributed by atoms with E-state index in [1.807, 2.05) is 60.6 Å². The molecular formula is C26H50N2O6Si2. The summed E-state index contributed by atoms with van der Waals surface area (Å²) >= 11 is 0. The number of rotatable bonds is 20. The van der Waals surface area contributed by atoms with E-state index in [1.165, 1.54) is 11.1 Å². The third-order valence-corrected chi connectivity index (χ3v) is 11.6. The molecule has 10 heteroatoms. The Bertz CT molecular complexity index is 697. The van der Waals surface area contributed by atoms with Crippen molar-refractivity contribution in [3.05, 3.63) is 34.9 Å². The lowest BCUT2D eigenvalue weighted by Gasteiger charge is -2.29. The maximum Gasteiger partial charge on any atom is 0.501 e. The van der Waals surface area contributed by atoms with E-state index < -0.39 is 17.6 Å². The second kappa shape index (κ2) is 17.4. The highest BCUT2D eigenvalue weighted by atomic mass is 28.4. The molecular weight excluding hydrogens is 492 g/mol. The Morgan fingerprint density at radius 3 is 1.28 bits per heavy atom. The molecule has 0 aliphatic heterocycles. The summed E-state index contributed by atoms with van der Waals surface area (Å²) in [7, 11) is -1.65. The van der Waals surface area contributed by atoms with Crippen molar-refractivity contribution >= 4 is 23.3 Å². The fourth-order valence-electron chi connectivity index (χ4n) is 4.46. The molecule has 208 valence electrons. The van der Waals surface area contributed by atoms with Gasteiger partial charge < -0.3 is 31.6 Å². The molecule has 0 radical (unpaired) electrons. The highest BCUT2D eigenvalue weighted by Crippen LogP contribution is 2.27. The molecule has 1 aromatic carbocycles. The fraction of sp³-hybridized carbons (Fsp3) is 0.731. The minimum atomic E-state index is -2.77. The SMILES string of the molecule is CCO[Si](CCc1cccc(CC[Si](OCC)(OCC)OCC)c1/C(C)=N/N(C)C)(OCC)OCC. The molecule has 0 saturated heterocycles. The number of hydrazone groups is 1. The Kier molecular flexibility index (Phi) is 15.9. The quantitative estimate of drug-likeness (QED) is 0.128. The predicted octanol–water partition coefficient (Wildman–Crippen LogP) is 5.15. The van der Waals surface area contributed by atoms with Gasteiger partial charge in [-0.3, -0.25) is 0 Å². The van der Waals surface area contributed by atoms with Gasteiger partial charge in [0.15, 0.2) is 0 Å². The van der Waals surface area contributed by atoms with E-state index in [2.05, 4.69) is 25.1 Å². The molecule has 0 unspecified atom stereocenters. The van der Waals surface area contributed by atoms with Gasteiger partial charge in [0.05, 0.1) is 5.71 Å². The van der Waals surface area contributed by atoms with Crippen molar-refractivity contribution in [3.63, 3.8) is 0 Å². The number of nitrogens with zero attached hydrogens (tertiary/aromatic N) is 2. The first-order chi connectivity index (χ1) is 17.3. The van der Waals surface area contributed by atoms with Gasteiger partial charge in [-0.25, -0.2) is 0 Å². The largest absolute Gasteiger partial charge is 0.501 e. The predicted molar refractivity (Wildman–Crippen MR) is 151 cm³/mol. The van der Waals surface area contributed by atoms with Crippen LogP contribution in [0.25, 0.3) is 0 Å². The third kappa shape index (κ3) is 10.3. The summed E-state index contributed by atoms with van der Waals surface area (Å²) in [5.74, 6) is 0. The van der Waals surface area contributed by atoms with Crippen molar-refractivity contribution in [1.82, 2.24) is 5.01 Å². The minimum Gasteiger partial charge on any atom is -0.374 e. The molecule has 0 saturated carbocycles. The van der Waals surface area contributed by atoms with Gasteiger partial charge in [-0.2, -0.15) is 5.10 Å². The standard InChI is InChI=1S/C26H50N2O6Si2/c1-10-29-35(30-11-2,31-12-3)21-19-24-17-16-18-25(26(24)23(7)27-28(8)9)20-22-36(32-13-4,33-14-5)34-15-6/h16-18H,10-15,19-22H2,1-9H3/b27-23+. The van der Waals surface area contributed by atoms with Crippen molar-refractivity contribution in [3.8, 4) is 0 Å². The van der Waals surface area contributed by atoms with E-state index in [0.29, 0.717) is 51.7 Å². The number of benzene rings is 1. The number of hydrogen-bond donors (Lipinski definition) is 0. The molecule has 1 rings (SSSR count). The lowest BCUT2D eigenvalue weighted by Crippen LogP contribution is -2.46. The van der Waals surface area contributed by atoms with Gasteiger partial charge in [-0.05, 0) is 72.4 Å². The van der Waals surface area contributed by atoms with E-state index >= 15 is 0 Å². The summed E-state index contributed by atoms with van der Waals surface area (Å²) in [5.41, 5.74) is 4.55. The lowest BCUT2D eigenvalue weighted by molar-refractivity contribution is 0.0707. The van der Waals surface area contributed by atoms with Crippen LogP contribution >= 0.6 is 0 Å². The van der Waals surface area contributed by atoms with Gasteiger partial charge in [-0.15, -0.1) is 0 Å². The Morgan fingerprint density at radius 1 is 0.667 bits per heavy atom. The highest BCUT2D eigenvalue weighted by Gasteiger charge is 2.41. The zero-order valence-electron chi connectivity index (χ0n) is 24.1. The van der Waals surface area contributed by atoms with Gasteiger partial charge in [0.1, 0.15) is 0 Å². The zero-order valence-corrected chi connectivity index (χ0v) is 26.1. The van der Waals surface area contributed by atoms with E-state index in [1.54, 1.807) is 0 Å². The van der Waals surface area contributed by atoms with Gasteiger partial charge >= 0.3 is 17.6 Å². The van der Waals surface area contributed by atoms with Gasteiger partial charge in [-0.1, -0.05) is 18.2 Å². The summed E-state index contributed by atoms with van der Waals surface area (Å²) in [4.78, 5) is 0. The Labute approximate surface area is 222 Å². The average molecular weight is 543 g/mol. The summed E-state index contributed by atoms with van der Waals surface area (Å²) < 4.78 is 36.7. The van der Waals surface area contributed by atoms with Crippen LogP contribution in [0.15, 0.2) is 23.3 Å². The Morgan fingerprint density at radius 2 is 1.00 bits per heavy atom. The van der Waals surface area contributed by atoms with Crippen molar-refractivity contribution < 1.29 is 26.6 Å². The van der Waals surface area contributed by atoms with Gasteiger partial charge in [0, 0.05) is 71.4 Å². The minimum absolute atomic E-state index is 0.569. The maximum absolute atomic E-state index is 6.11. The van der Waals surface area contributed by atoms with Crippen LogP contribution in [-0.2, 0) is 39.4 Å². The van der Waals surface area contributed by atoms with Crippen molar-refractivity contribution in [1.29, 1.82) is 0 Å². The van der Waals surface area contributed by atoms with Crippen LogP contribution < -0.4 is 0 Å². The van der Waals surface area contributed by atoms with E-state index in [0.717, 1.165) is 24.1 Å². The molecule has 8 nitrogen and oxygen atoms in total. The van der Waals surface area contributed by atoms with Crippen LogP contribution in [-0.4, -0.2) is 82.1 Å². The molecule has 0 amide bonds. The van der Waals surface area contributed by atoms with Gasteiger partial charge in [0.25, 0.3) is 0 Å². The molecule has 0 fully saturated rings. The van der Waals surface area contributed by atoms with E-state index in [-0.39, 0.29) is 0 Å². The third-order valence-electron chi connectivity index (χ3n) is 5.54. The van der Waals surface area contributed by atoms with Crippen LogP contribution in [0.1, 0.15) is 65.2 Å². The van der Waals surface area contributed by atoms with Crippen LogP contribution in [0.3, 0.4) is 0 Å². The van der Waals surface area contributed by atoms with Crippen LogP contribution in [0.2, 0.25) is 12.1 Å². The average Bonchev–Trinajstić information content (AvgIpc) is 2.82. The molecule has 0 spiro atoms. The highest BCUT2D eigenvalue weighted by molar-refractivity contribution is 6.61. The Balaban J connectivity index is 3.40. The summed E-state index contributed by atoms with van der Waals surface area (Å²) in [6, 6.07) is 7.89. The zero-order chi connectivity index (χ0) is 27.0. The molecule has 0 aliphatic carbocycles. The molecule has 0 bridgehead atoms. The first-order valence-electron chi connectivity index (χ1n) is 13.4. The second-order valence-corrected chi connectivity index (χ2v) is 13.9. The van der Waals surface area contributed by atoms with E-state index in [4.69, 9.17) is 31.7 Å². The first kappa shape index (κ1) is 32.9. The van der Waals surface area contributed by atoms with Gasteiger partial charge in [0.2, 0.25) is 0 Å². The molecule has 36 heavy (non-hydrogen) atoms. The number of aryl methyl sites for hydroxylation is 2. The Hall–Kier alpha value is -1.12. The van der Waals surface area contributed by atoms with Crippen molar-refractivity contribution in [2.75, 3.05) is 53.7 Å². The van der Waals surface area contributed by atoms with Crippen molar-refractivity contribution in [2.45, 2.75) is 73.4 Å². The van der Waals surface area contributed by atoms with Crippen LogP contribution in [0, 0.1) is 0 Å². The smallest absolute Gasteiger partial charge is 0.374 e. The fourth-order valence-corrected chi connectivity index (χ4v) is 9.62. The lowest BCUT2D eigenvalue weighted by atomic mass is 9.94. The normalized spacial score (nSPS) is 12.9. The maximum atomic E-state index is 6.11. The van der Waals surface area contributed by atoms with Crippen LogP contribution in [0.5, 0.6) is 0 Å². The molecule has 0 atom stereocenters. The molecule has 0 aromatic heterocycles. The number of hydrogen-bond acceptors (Lipinski definition) is 8. The topological polar surface area (TPSA) is 71.0 Å². The van der Waals surface area contributed by atoms with E-state index in [9.17, 15) is 0 Å². The second-order valence-electron chi connectivity index (χ2n) is 8.45. The molecule has 1 aromatic rings. The summed E-state index contributed by atoms with van der Waals surface area (Å²) in [5, 5.41) is 6.60.